The smallest absolute Gasteiger partial charge is 0.0470 e. The Kier molecular flexibility index (Phi) is 7.64. The molecule has 1 unspecified atom stereocenters. The summed E-state index contributed by atoms with van der Waals surface area (Å²) in [5.74, 6) is -0.294. The molecule has 0 aliphatic rings. The van der Waals surface area contributed by atoms with Gasteiger partial charge in [0.25, 0.3) is 0 Å². The van der Waals surface area contributed by atoms with Crippen LogP contribution >= 0.6 is 0 Å². The minimum Gasteiger partial charge on any atom is -0.350 e. The second-order valence-corrected chi connectivity index (χ2v) is 9.28. The molecule has 0 radical (unpaired) electrons. The number of benzene rings is 2. The topological polar surface area (TPSA) is 101 Å². The molecule has 1 heterocycles. The zero-order valence-electron chi connectivity index (χ0n) is 14.7. The molecule has 0 aliphatic heterocycles. The third kappa shape index (κ3) is 6.92. The molecule has 0 spiro atoms. The number of hydrogen-bond acceptors (Lipinski definition) is 4. The Morgan fingerprint density at radius 3 is 2.33 bits per heavy atom. The first-order valence-electron chi connectivity index (χ1n) is 8.09. The summed E-state index contributed by atoms with van der Waals surface area (Å²) in [5, 5.41) is 10.7. The standard InChI is InChI=1S/C11H11N.C8H10AsNO5/c1-2-6-11(7-3-1)10-12-8-4-5-9-12;1-6(11)10-8-4-2-3-7(5-8)9(12,13)15-14/h1-9H,10H2;2-5,14H,1H3,(H,10,11)(H,12,13). The number of rotatable bonds is 5. The maximum atomic E-state index is 11.3. The van der Waals surface area contributed by atoms with E-state index in [9.17, 15) is 12.6 Å². The van der Waals surface area contributed by atoms with Crippen LogP contribution in [0.15, 0.2) is 79.1 Å². The first-order chi connectivity index (χ1) is 12.9. The fourth-order valence-corrected chi connectivity index (χ4v) is 3.69. The van der Waals surface area contributed by atoms with Crippen molar-refractivity contribution in [3.05, 3.63) is 84.7 Å². The van der Waals surface area contributed by atoms with Crippen LogP contribution in [0.4, 0.5) is 5.69 Å². The van der Waals surface area contributed by atoms with Crippen LogP contribution < -0.4 is 9.67 Å². The molecule has 142 valence electrons. The number of carbonyl (C=O) groups excluding carboxylic acids is 1. The minimum absolute atomic E-state index is 0.0399. The van der Waals surface area contributed by atoms with Crippen molar-refractivity contribution in [2.75, 3.05) is 5.32 Å². The molecule has 0 saturated carbocycles. The Hall–Kier alpha value is -2.57. The van der Waals surface area contributed by atoms with Crippen molar-refractivity contribution in [1.29, 1.82) is 0 Å². The molecule has 2 aromatic carbocycles. The SMILES string of the molecule is CC(=O)Nc1cccc([As](=O)(O)OO)c1.c1ccc(Cn2cccc2)cc1. The van der Waals surface area contributed by atoms with Gasteiger partial charge in [0.15, 0.2) is 0 Å². The number of carbonyl (C=O) groups is 1. The molecule has 0 saturated heterocycles. The predicted molar refractivity (Wildman–Crippen MR) is 103 cm³/mol. The molecule has 3 rings (SSSR count). The quantitative estimate of drug-likeness (QED) is 0.326. The maximum absolute atomic E-state index is 11.3. The van der Waals surface area contributed by atoms with Crippen molar-refractivity contribution in [2.24, 2.45) is 0 Å². The molecular formula is C19H21AsN2O5. The Labute approximate surface area is 160 Å². The summed E-state index contributed by atoms with van der Waals surface area (Å²) in [7, 11) is 0. The molecule has 3 aromatic rings. The molecule has 1 atom stereocenters. The van der Waals surface area contributed by atoms with Crippen LogP contribution in [0.3, 0.4) is 0 Å². The summed E-state index contributed by atoms with van der Waals surface area (Å²) in [6.07, 6.45) is 4.15. The Balaban J connectivity index is 0.000000198. The van der Waals surface area contributed by atoms with Crippen LogP contribution in [0.2, 0.25) is 0 Å². The van der Waals surface area contributed by atoms with Gasteiger partial charge in [-0.3, -0.25) is 0 Å². The van der Waals surface area contributed by atoms with Crippen LogP contribution in [-0.2, 0) is 19.0 Å². The van der Waals surface area contributed by atoms with Gasteiger partial charge in [0.1, 0.15) is 0 Å². The number of hydrogen-bond donors (Lipinski definition) is 3. The fourth-order valence-electron chi connectivity index (χ4n) is 2.28. The van der Waals surface area contributed by atoms with Gasteiger partial charge in [-0.25, -0.2) is 0 Å². The van der Waals surface area contributed by atoms with E-state index in [-0.39, 0.29) is 10.3 Å². The number of nitrogens with one attached hydrogen (secondary N) is 1. The first kappa shape index (κ1) is 20.7. The van der Waals surface area contributed by atoms with Crippen molar-refractivity contribution < 1.29 is 21.8 Å². The van der Waals surface area contributed by atoms with Gasteiger partial charge in [0.05, 0.1) is 0 Å². The maximum Gasteiger partial charge on any atom is 0.0470 e. The summed E-state index contributed by atoms with van der Waals surface area (Å²) >= 11 is -4.83. The van der Waals surface area contributed by atoms with Gasteiger partial charge in [-0.15, -0.1) is 0 Å². The van der Waals surface area contributed by atoms with Gasteiger partial charge in [-0.1, -0.05) is 30.3 Å². The van der Waals surface area contributed by atoms with Crippen molar-refractivity contribution in [1.82, 2.24) is 4.57 Å². The zero-order chi connectivity index (χ0) is 19.7. The van der Waals surface area contributed by atoms with E-state index in [0.717, 1.165) is 6.54 Å². The van der Waals surface area contributed by atoms with Gasteiger partial charge in [-0.2, -0.15) is 0 Å². The van der Waals surface area contributed by atoms with Gasteiger partial charge < -0.3 is 4.57 Å². The van der Waals surface area contributed by atoms with E-state index in [1.54, 1.807) is 6.07 Å². The minimum atomic E-state index is -4.83. The van der Waals surface area contributed by atoms with Gasteiger partial charge in [0, 0.05) is 18.9 Å². The van der Waals surface area contributed by atoms with Crippen LogP contribution in [0.25, 0.3) is 0 Å². The summed E-state index contributed by atoms with van der Waals surface area (Å²) < 4.78 is 26.1. The molecule has 27 heavy (non-hydrogen) atoms. The fraction of sp³-hybridized carbons (Fsp3) is 0.105. The van der Waals surface area contributed by atoms with E-state index >= 15 is 0 Å². The molecule has 8 heteroatoms. The first-order valence-corrected chi connectivity index (χ1v) is 11.4. The average Bonchev–Trinajstić information content (AvgIpc) is 3.16. The second-order valence-electron chi connectivity index (χ2n) is 5.67. The van der Waals surface area contributed by atoms with E-state index in [1.165, 1.54) is 30.7 Å². The van der Waals surface area contributed by atoms with Crippen molar-refractivity contribution in [3.8, 4) is 0 Å². The van der Waals surface area contributed by atoms with Crippen LogP contribution in [0.1, 0.15) is 12.5 Å². The van der Waals surface area contributed by atoms with E-state index in [4.69, 9.17) is 5.26 Å². The summed E-state index contributed by atoms with van der Waals surface area (Å²) in [6.45, 7) is 2.28. The number of nitrogens with zero attached hydrogens (tertiary/aromatic N) is 1. The summed E-state index contributed by atoms with van der Waals surface area (Å²) in [5.41, 5.74) is 1.71. The molecule has 7 nitrogen and oxygen atoms in total. The molecule has 1 amide bonds. The normalized spacial score (nSPS) is 12.4. The zero-order valence-corrected chi connectivity index (χ0v) is 16.6. The molecule has 3 N–H and O–H groups in total. The van der Waals surface area contributed by atoms with Gasteiger partial charge in [0.2, 0.25) is 0 Å². The number of aromatic nitrogens is 1. The van der Waals surface area contributed by atoms with Crippen molar-refractivity contribution in [2.45, 2.75) is 13.5 Å². The largest absolute Gasteiger partial charge is 0.350 e. The number of anilines is 1. The molecule has 1 aromatic heterocycles. The number of amides is 1. The Morgan fingerprint density at radius 2 is 1.74 bits per heavy atom. The molecule has 0 fully saturated rings. The van der Waals surface area contributed by atoms with Crippen LogP contribution in [0, 0.1) is 0 Å². The molecular weight excluding hydrogens is 411 g/mol. The van der Waals surface area contributed by atoms with Crippen LogP contribution in [0.5, 0.6) is 0 Å². The second kappa shape index (κ2) is 9.94. The summed E-state index contributed by atoms with van der Waals surface area (Å²) in [6, 6.07) is 20.2. The average molecular weight is 432 g/mol. The molecule has 0 bridgehead atoms. The Morgan fingerprint density at radius 1 is 1.07 bits per heavy atom. The Bertz CT molecular complexity index is 897. The van der Waals surface area contributed by atoms with E-state index in [1.807, 2.05) is 18.2 Å². The van der Waals surface area contributed by atoms with Crippen molar-refractivity contribution >= 4 is 30.1 Å². The summed E-state index contributed by atoms with van der Waals surface area (Å²) in [4.78, 5) is 10.7. The third-order valence-electron chi connectivity index (χ3n) is 3.48. The van der Waals surface area contributed by atoms with E-state index < -0.39 is 14.2 Å². The third-order valence-corrected chi connectivity index (χ3v) is 5.89. The molecule has 0 aliphatic carbocycles. The van der Waals surface area contributed by atoms with Crippen LogP contribution in [-0.4, -0.2) is 34.0 Å². The predicted octanol–water partition coefficient (Wildman–Crippen LogP) is 2.24. The monoisotopic (exact) mass is 432 g/mol. The van der Waals surface area contributed by atoms with Gasteiger partial charge in [-0.05, 0) is 17.7 Å². The van der Waals surface area contributed by atoms with E-state index in [2.05, 4.69) is 50.4 Å². The van der Waals surface area contributed by atoms with E-state index in [0.29, 0.717) is 5.69 Å². The van der Waals surface area contributed by atoms with Gasteiger partial charge >= 0.3 is 88.4 Å². The van der Waals surface area contributed by atoms with Crippen molar-refractivity contribution in [3.63, 3.8) is 0 Å².